The molecule has 9 nitrogen and oxygen atoms in total. The van der Waals surface area contributed by atoms with Gasteiger partial charge in [0.25, 0.3) is 0 Å². The van der Waals surface area contributed by atoms with Crippen LogP contribution in [0.3, 0.4) is 0 Å². The average molecular weight is 250 g/mol. The Kier molecular flexibility index (Phi) is 3.96. The summed E-state index contributed by atoms with van der Waals surface area (Å²) in [5, 5.41) is 25.2. The van der Waals surface area contributed by atoms with Crippen molar-refractivity contribution in [2.45, 2.75) is 31.2 Å². The summed E-state index contributed by atoms with van der Waals surface area (Å²) in [6.45, 7) is 0. The van der Waals surface area contributed by atoms with Crippen LogP contribution in [-0.4, -0.2) is 52.1 Å². The van der Waals surface area contributed by atoms with Crippen LogP contribution in [0.5, 0.6) is 0 Å². The first-order valence-corrected chi connectivity index (χ1v) is 4.57. The van der Waals surface area contributed by atoms with Gasteiger partial charge in [0.2, 0.25) is 0 Å². The molecule has 0 spiro atoms. The van der Waals surface area contributed by atoms with E-state index in [2.05, 4.69) is 14.2 Å². The van der Waals surface area contributed by atoms with Gasteiger partial charge in [-0.25, -0.2) is 14.4 Å². The first-order valence-electron chi connectivity index (χ1n) is 4.57. The second-order valence-corrected chi connectivity index (χ2v) is 3.32. The van der Waals surface area contributed by atoms with Gasteiger partial charge in [0.1, 0.15) is 18.3 Å². The van der Waals surface area contributed by atoms with E-state index in [0.29, 0.717) is 0 Å². The molecule has 2 unspecified atom stereocenters. The average Bonchev–Trinajstić information content (AvgIpc) is 2.44. The van der Waals surface area contributed by atoms with E-state index in [4.69, 9.17) is 15.3 Å². The Bertz CT molecular complexity index is 301. The van der Waals surface area contributed by atoms with Crippen LogP contribution >= 0.6 is 0 Å². The number of carboxylic acid groups (broad SMARTS) is 3. The second kappa shape index (κ2) is 5.23. The summed E-state index contributed by atoms with van der Waals surface area (Å²) >= 11 is 0. The highest BCUT2D eigenvalue weighted by Crippen LogP contribution is 2.28. The molecule has 3 N–H and O–H groups in total. The minimum absolute atomic E-state index is 0.0729. The maximum atomic E-state index is 10.3. The molecule has 1 fully saturated rings. The number of rotatable bonds is 3. The maximum absolute atomic E-state index is 10.3. The summed E-state index contributed by atoms with van der Waals surface area (Å²) in [6, 6.07) is 0. The van der Waals surface area contributed by atoms with Gasteiger partial charge in [-0.1, -0.05) is 0 Å². The van der Waals surface area contributed by atoms with Crippen molar-refractivity contribution in [3.63, 3.8) is 0 Å². The molecule has 0 aromatic heterocycles. The van der Waals surface area contributed by atoms with Crippen molar-refractivity contribution in [1.82, 2.24) is 0 Å². The van der Waals surface area contributed by atoms with Crippen molar-refractivity contribution in [3.8, 4) is 0 Å². The predicted molar refractivity (Wildman–Crippen MR) is 47.9 cm³/mol. The molecule has 0 aromatic rings. The Balaban J connectivity index is 2.61. The maximum Gasteiger partial charge on any atom is 0.506 e. The van der Waals surface area contributed by atoms with Crippen LogP contribution in [-0.2, 0) is 14.2 Å². The van der Waals surface area contributed by atoms with Crippen LogP contribution < -0.4 is 0 Å². The molecule has 1 saturated carbocycles. The monoisotopic (exact) mass is 250 g/mol. The second-order valence-electron chi connectivity index (χ2n) is 3.32. The lowest BCUT2D eigenvalue weighted by molar-refractivity contribution is -0.0256. The molecule has 1 rings (SSSR count). The lowest BCUT2D eigenvalue weighted by Crippen LogP contribution is -2.29. The smallest absolute Gasteiger partial charge is 0.450 e. The van der Waals surface area contributed by atoms with Crippen LogP contribution in [0.2, 0.25) is 0 Å². The van der Waals surface area contributed by atoms with Gasteiger partial charge in [-0.05, 0) is 0 Å². The van der Waals surface area contributed by atoms with E-state index in [-0.39, 0.29) is 12.8 Å². The molecule has 0 amide bonds. The van der Waals surface area contributed by atoms with Crippen molar-refractivity contribution < 1.29 is 43.9 Å². The van der Waals surface area contributed by atoms with E-state index in [1.807, 2.05) is 0 Å². The van der Waals surface area contributed by atoms with Gasteiger partial charge in [0.05, 0.1) is 0 Å². The summed E-state index contributed by atoms with van der Waals surface area (Å²) in [7, 11) is 0. The third-order valence-corrected chi connectivity index (χ3v) is 2.18. The van der Waals surface area contributed by atoms with Gasteiger partial charge < -0.3 is 29.5 Å². The fraction of sp³-hybridized carbons (Fsp3) is 0.625. The Labute approximate surface area is 94.5 Å². The van der Waals surface area contributed by atoms with Gasteiger partial charge in [0.15, 0.2) is 0 Å². The molecule has 1 aliphatic rings. The first-order chi connectivity index (χ1) is 7.88. The predicted octanol–water partition coefficient (Wildman–Crippen LogP) is 0.970. The molecule has 0 radical (unpaired) electrons. The quantitative estimate of drug-likeness (QED) is 0.493. The zero-order valence-corrected chi connectivity index (χ0v) is 8.44. The summed E-state index contributed by atoms with van der Waals surface area (Å²) in [5.41, 5.74) is 0. The molecule has 17 heavy (non-hydrogen) atoms. The number of hydrogen-bond donors (Lipinski definition) is 3. The zero-order chi connectivity index (χ0) is 13.0. The normalized spacial score (nSPS) is 27.2. The number of ether oxygens (including phenoxy) is 3. The van der Waals surface area contributed by atoms with Crippen LogP contribution in [0.4, 0.5) is 14.4 Å². The fourth-order valence-corrected chi connectivity index (χ4v) is 1.66. The Morgan fingerprint density at radius 3 is 1.41 bits per heavy atom. The van der Waals surface area contributed by atoms with Crippen molar-refractivity contribution in [3.05, 3.63) is 0 Å². The third kappa shape index (κ3) is 4.05. The van der Waals surface area contributed by atoms with Gasteiger partial charge in [-0.3, -0.25) is 0 Å². The highest BCUT2D eigenvalue weighted by atomic mass is 16.7. The minimum atomic E-state index is -1.59. The largest absolute Gasteiger partial charge is 0.506 e. The molecule has 96 valence electrons. The van der Waals surface area contributed by atoms with E-state index in [0.717, 1.165) is 0 Å². The van der Waals surface area contributed by atoms with Crippen LogP contribution in [0, 0.1) is 0 Å². The minimum Gasteiger partial charge on any atom is -0.450 e. The van der Waals surface area contributed by atoms with Crippen molar-refractivity contribution >= 4 is 18.5 Å². The molecule has 2 atom stereocenters. The number of hydrogen-bond acceptors (Lipinski definition) is 6. The molecule has 9 heteroatoms. The third-order valence-electron chi connectivity index (χ3n) is 2.18. The molecule has 0 saturated heterocycles. The standard InChI is InChI=1S/C8H10O9/c9-6(10)15-3-1-4(16-7(11)12)5(2-3)17-8(13)14/h3-5H,1-2H2,(H,9,10)(H,11,12)(H,13,14). The van der Waals surface area contributed by atoms with Crippen LogP contribution in [0.1, 0.15) is 12.8 Å². The van der Waals surface area contributed by atoms with E-state index >= 15 is 0 Å². The van der Waals surface area contributed by atoms with Gasteiger partial charge in [-0.15, -0.1) is 0 Å². The summed E-state index contributed by atoms with van der Waals surface area (Å²) in [6.07, 6.45) is -7.83. The van der Waals surface area contributed by atoms with Gasteiger partial charge in [-0.2, -0.15) is 0 Å². The first kappa shape index (κ1) is 12.9. The molecular formula is C8H10O9. The zero-order valence-electron chi connectivity index (χ0n) is 8.44. The number of carbonyl (C=O) groups is 3. The molecule has 1 aliphatic carbocycles. The van der Waals surface area contributed by atoms with E-state index in [9.17, 15) is 14.4 Å². The van der Waals surface area contributed by atoms with Crippen molar-refractivity contribution in [1.29, 1.82) is 0 Å². The molecule has 0 aliphatic heterocycles. The fourth-order valence-electron chi connectivity index (χ4n) is 1.66. The molecular weight excluding hydrogens is 240 g/mol. The molecule has 0 aromatic carbocycles. The Morgan fingerprint density at radius 1 is 0.765 bits per heavy atom. The Hall–Kier alpha value is -2.19. The molecule has 0 heterocycles. The van der Waals surface area contributed by atoms with E-state index in [1.54, 1.807) is 0 Å². The molecule has 0 bridgehead atoms. The lowest BCUT2D eigenvalue weighted by Gasteiger charge is -2.16. The summed E-state index contributed by atoms with van der Waals surface area (Å²) in [5.74, 6) is 0. The SMILES string of the molecule is O=C(O)OC1CC(OC(=O)O)C(OC(=O)O)C1. The van der Waals surface area contributed by atoms with Crippen LogP contribution in [0.25, 0.3) is 0 Å². The summed E-state index contributed by atoms with van der Waals surface area (Å²) in [4.78, 5) is 30.9. The topological polar surface area (TPSA) is 140 Å². The Morgan fingerprint density at radius 2 is 1.12 bits per heavy atom. The van der Waals surface area contributed by atoms with Gasteiger partial charge >= 0.3 is 18.5 Å². The van der Waals surface area contributed by atoms with E-state index < -0.39 is 36.8 Å². The summed E-state index contributed by atoms with van der Waals surface area (Å²) < 4.78 is 13.2. The highest BCUT2D eigenvalue weighted by molar-refractivity contribution is 5.59. The van der Waals surface area contributed by atoms with Gasteiger partial charge in [0, 0.05) is 12.8 Å². The highest BCUT2D eigenvalue weighted by Gasteiger charge is 2.41. The van der Waals surface area contributed by atoms with Crippen molar-refractivity contribution in [2.24, 2.45) is 0 Å². The van der Waals surface area contributed by atoms with Crippen LogP contribution in [0.15, 0.2) is 0 Å². The lowest BCUT2D eigenvalue weighted by atomic mass is 10.2. The van der Waals surface area contributed by atoms with Crippen molar-refractivity contribution in [2.75, 3.05) is 0 Å². The van der Waals surface area contributed by atoms with E-state index in [1.165, 1.54) is 0 Å².